The number of furan rings is 1. The van der Waals surface area contributed by atoms with E-state index in [-0.39, 0.29) is 0 Å². The zero-order valence-electron chi connectivity index (χ0n) is 8.91. The van der Waals surface area contributed by atoms with Crippen LogP contribution in [0.4, 0.5) is 0 Å². The molecule has 0 aliphatic heterocycles. The zero-order valence-corrected chi connectivity index (χ0v) is 11.4. The van der Waals surface area contributed by atoms with Crippen molar-refractivity contribution in [3.05, 3.63) is 23.1 Å². The first-order valence-corrected chi connectivity index (χ1v) is 7.35. The second-order valence-electron chi connectivity index (χ2n) is 3.56. The third kappa shape index (κ3) is 5.23. The van der Waals surface area contributed by atoms with Crippen molar-refractivity contribution in [3.8, 4) is 0 Å². The van der Waals surface area contributed by atoms with Gasteiger partial charge in [0.15, 0.2) is 5.22 Å². The van der Waals surface area contributed by atoms with Crippen molar-refractivity contribution in [3.63, 3.8) is 0 Å². The van der Waals surface area contributed by atoms with Crippen molar-refractivity contribution in [1.29, 1.82) is 0 Å². The molecule has 0 radical (unpaired) electrons. The molecule has 0 N–H and O–H groups in total. The van der Waals surface area contributed by atoms with Crippen molar-refractivity contribution >= 4 is 36.0 Å². The van der Waals surface area contributed by atoms with Crippen molar-refractivity contribution < 1.29 is 4.42 Å². The van der Waals surface area contributed by atoms with E-state index in [0.29, 0.717) is 11.1 Å². The minimum absolute atomic E-state index is 0.477. The molecular formula is C11H17ClOS2. The summed E-state index contributed by atoms with van der Waals surface area (Å²) in [5, 5.41) is 0.477. The van der Waals surface area contributed by atoms with Crippen molar-refractivity contribution in [2.45, 2.75) is 25.5 Å². The molecule has 0 aromatic carbocycles. The Labute approximate surface area is 106 Å². The largest absolute Gasteiger partial charge is 0.449 e. The lowest BCUT2D eigenvalue weighted by Crippen LogP contribution is -2.05. The van der Waals surface area contributed by atoms with Gasteiger partial charge in [-0.1, -0.05) is 13.3 Å². The Morgan fingerprint density at radius 1 is 1.53 bits per heavy atom. The van der Waals surface area contributed by atoms with E-state index in [0.717, 1.165) is 23.0 Å². The molecule has 1 unspecified atom stereocenters. The van der Waals surface area contributed by atoms with E-state index in [1.165, 1.54) is 12.8 Å². The summed E-state index contributed by atoms with van der Waals surface area (Å²) in [6, 6.07) is 3.73. The topological polar surface area (TPSA) is 13.1 Å². The lowest BCUT2D eigenvalue weighted by molar-refractivity contribution is 0.531. The van der Waals surface area contributed by atoms with E-state index >= 15 is 0 Å². The normalized spacial score (nSPS) is 13.0. The molecule has 0 saturated heterocycles. The maximum Gasteiger partial charge on any atom is 0.193 e. The quantitative estimate of drug-likeness (QED) is 0.728. The summed E-state index contributed by atoms with van der Waals surface area (Å²) in [5.74, 6) is 4.70. The Morgan fingerprint density at radius 2 is 2.33 bits per heavy atom. The number of halogens is 1. The first-order chi connectivity index (χ1) is 7.26. The van der Waals surface area contributed by atoms with Gasteiger partial charge in [0.25, 0.3) is 0 Å². The monoisotopic (exact) mass is 264 g/mol. The Hall–Kier alpha value is 0.270. The molecule has 0 fully saturated rings. The van der Waals surface area contributed by atoms with Crippen LogP contribution in [-0.2, 0) is 5.75 Å². The minimum Gasteiger partial charge on any atom is -0.449 e. The lowest BCUT2D eigenvalue weighted by atomic mass is 10.1. The number of rotatable bonds is 7. The van der Waals surface area contributed by atoms with E-state index in [2.05, 4.69) is 19.6 Å². The molecule has 1 aromatic rings. The molecule has 1 atom stereocenters. The molecule has 1 rings (SSSR count). The molecule has 1 aromatic heterocycles. The summed E-state index contributed by atoms with van der Waals surface area (Å²) in [6.07, 6.45) is 2.49. The Balaban J connectivity index is 2.20. The summed E-state index contributed by atoms with van der Waals surface area (Å²) >= 11 is 11.9. The number of hydrogen-bond donors (Lipinski definition) is 1. The van der Waals surface area contributed by atoms with Crippen LogP contribution in [0.1, 0.15) is 25.5 Å². The number of thiol groups is 1. The van der Waals surface area contributed by atoms with Gasteiger partial charge in [-0.05, 0) is 47.6 Å². The van der Waals surface area contributed by atoms with Gasteiger partial charge in [-0.15, -0.1) is 0 Å². The van der Waals surface area contributed by atoms with Crippen LogP contribution in [0.2, 0.25) is 5.22 Å². The fraction of sp³-hybridized carbons (Fsp3) is 0.636. The fourth-order valence-electron chi connectivity index (χ4n) is 1.39. The zero-order chi connectivity index (χ0) is 11.1. The van der Waals surface area contributed by atoms with E-state index in [4.69, 9.17) is 16.0 Å². The standard InChI is InChI=1S/C11H17ClOS2/c1-2-3-9(6-14)7-15-8-10-4-5-11(12)13-10/h4-5,9,14H,2-3,6-8H2,1H3. The van der Waals surface area contributed by atoms with Crippen molar-refractivity contribution in [2.24, 2.45) is 5.92 Å². The molecule has 0 aliphatic carbocycles. The number of thioether (sulfide) groups is 1. The second kappa shape index (κ2) is 7.53. The smallest absolute Gasteiger partial charge is 0.193 e. The van der Waals surface area contributed by atoms with Crippen molar-refractivity contribution in [1.82, 2.24) is 0 Å². The van der Waals surface area contributed by atoms with Gasteiger partial charge in [-0.3, -0.25) is 0 Å². The van der Waals surface area contributed by atoms with E-state index in [1.54, 1.807) is 6.07 Å². The SMILES string of the molecule is CCCC(CS)CSCc1ccc(Cl)o1. The molecule has 0 spiro atoms. The molecule has 0 aliphatic rings. The number of hydrogen-bond acceptors (Lipinski definition) is 3. The Kier molecular flexibility index (Phi) is 6.69. The molecule has 86 valence electrons. The van der Waals surface area contributed by atoms with Crippen LogP contribution in [0.25, 0.3) is 0 Å². The van der Waals surface area contributed by atoms with E-state index in [1.807, 2.05) is 17.8 Å². The van der Waals surface area contributed by atoms with Crippen LogP contribution in [0, 0.1) is 5.92 Å². The Morgan fingerprint density at radius 3 is 2.87 bits per heavy atom. The lowest BCUT2D eigenvalue weighted by Gasteiger charge is -2.11. The summed E-state index contributed by atoms with van der Waals surface area (Å²) in [4.78, 5) is 0. The molecular weight excluding hydrogens is 248 g/mol. The van der Waals surface area contributed by atoms with Gasteiger partial charge in [-0.2, -0.15) is 24.4 Å². The molecule has 1 nitrogen and oxygen atoms in total. The van der Waals surface area contributed by atoms with Crippen LogP contribution in [0.5, 0.6) is 0 Å². The maximum absolute atomic E-state index is 5.69. The minimum atomic E-state index is 0.477. The van der Waals surface area contributed by atoms with Crippen LogP contribution in [-0.4, -0.2) is 11.5 Å². The molecule has 15 heavy (non-hydrogen) atoms. The fourth-order valence-corrected chi connectivity index (χ4v) is 3.13. The van der Waals surface area contributed by atoms with Crippen LogP contribution in [0.3, 0.4) is 0 Å². The van der Waals surface area contributed by atoms with Crippen LogP contribution >= 0.6 is 36.0 Å². The first kappa shape index (κ1) is 13.3. The van der Waals surface area contributed by atoms with Gasteiger partial charge in [0.1, 0.15) is 5.76 Å². The van der Waals surface area contributed by atoms with Gasteiger partial charge in [0.05, 0.1) is 5.75 Å². The van der Waals surface area contributed by atoms with Gasteiger partial charge in [0.2, 0.25) is 0 Å². The van der Waals surface area contributed by atoms with Gasteiger partial charge in [-0.25, -0.2) is 0 Å². The maximum atomic E-state index is 5.69. The average molecular weight is 265 g/mol. The third-order valence-corrected chi connectivity index (χ3v) is 4.10. The summed E-state index contributed by atoms with van der Waals surface area (Å²) < 4.78 is 5.28. The van der Waals surface area contributed by atoms with Gasteiger partial charge >= 0.3 is 0 Å². The summed E-state index contributed by atoms with van der Waals surface area (Å²) in [6.45, 7) is 2.22. The molecule has 0 bridgehead atoms. The summed E-state index contributed by atoms with van der Waals surface area (Å²) in [5.41, 5.74) is 0. The van der Waals surface area contributed by atoms with E-state index in [9.17, 15) is 0 Å². The highest BCUT2D eigenvalue weighted by Gasteiger charge is 2.06. The predicted molar refractivity (Wildman–Crippen MR) is 72.1 cm³/mol. The second-order valence-corrected chi connectivity index (χ2v) is 5.33. The van der Waals surface area contributed by atoms with E-state index < -0.39 is 0 Å². The molecule has 0 saturated carbocycles. The molecule has 0 amide bonds. The molecule has 1 heterocycles. The van der Waals surface area contributed by atoms with Crippen LogP contribution in [0.15, 0.2) is 16.5 Å². The predicted octanol–water partition coefficient (Wildman–Crippen LogP) is 4.51. The highest BCUT2D eigenvalue weighted by molar-refractivity contribution is 7.98. The highest BCUT2D eigenvalue weighted by Crippen LogP contribution is 2.22. The van der Waals surface area contributed by atoms with Gasteiger partial charge in [0, 0.05) is 0 Å². The molecule has 4 heteroatoms. The van der Waals surface area contributed by atoms with Gasteiger partial charge < -0.3 is 4.42 Å². The average Bonchev–Trinajstić information content (AvgIpc) is 2.63. The summed E-state index contributed by atoms with van der Waals surface area (Å²) in [7, 11) is 0. The first-order valence-electron chi connectivity index (χ1n) is 5.19. The van der Waals surface area contributed by atoms with Crippen LogP contribution < -0.4 is 0 Å². The van der Waals surface area contributed by atoms with Crippen molar-refractivity contribution in [2.75, 3.05) is 11.5 Å². The highest BCUT2D eigenvalue weighted by atomic mass is 35.5. The Bertz CT molecular complexity index is 275. The third-order valence-electron chi connectivity index (χ3n) is 2.18.